The molecule has 0 radical (unpaired) electrons. The first-order valence-electron chi connectivity index (χ1n) is 6.07. The van der Waals surface area contributed by atoms with E-state index in [1.807, 2.05) is 0 Å². The first-order chi connectivity index (χ1) is 6.85. The third-order valence-electron chi connectivity index (χ3n) is 4.64. The van der Waals surface area contributed by atoms with Gasteiger partial charge in [-0.3, -0.25) is 4.79 Å². The van der Waals surface area contributed by atoms with E-state index in [1.165, 1.54) is 12.8 Å². The molecule has 1 fully saturated rings. The predicted molar refractivity (Wildman–Crippen MR) is 61.7 cm³/mol. The minimum absolute atomic E-state index is 0.322. The lowest BCUT2D eigenvalue weighted by molar-refractivity contribution is -0.137. The quantitative estimate of drug-likeness (QED) is 0.773. The monoisotopic (exact) mass is 212 g/mol. The van der Waals surface area contributed by atoms with Crippen LogP contribution in [0.1, 0.15) is 53.4 Å². The third kappa shape index (κ3) is 2.73. The van der Waals surface area contributed by atoms with Crippen molar-refractivity contribution in [1.29, 1.82) is 0 Å². The van der Waals surface area contributed by atoms with E-state index in [4.69, 9.17) is 5.11 Å². The lowest BCUT2D eigenvalue weighted by Crippen LogP contribution is -2.28. The van der Waals surface area contributed by atoms with Crippen LogP contribution in [0, 0.1) is 23.2 Å². The van der Waals surface area contributed by atoms with Crippen LogP contribution >= 0.6 is 0 Å². The van der Waals surface area contributed by atoms with Gasteiger partial charge >= 0.3 is 5.97 Å². The second-order valence-electron chi connectivity index (χ2n) is 5.82. The molecular formula is C13H24O2. The van der Waals surface area contributed by atoms with Gasteiger partial charge in [-0.15, -0.1) is 0 Å². The summed E-state index contributed by atoms with van der Waals surface area (Å²) in [5, 5.41) is 8.69. The van der Waals surface area contributed by atoms with Crippen LogP contribution in [0.25, 0.3) is 0 Å². The van der Waals surface area contributed by atoms with Gasteiger partial charge < -0.3 is 5.11 Å². The molecule has 1 aliphatic rings. The maximum atomic E-state index is 10.5. The molecular weight excluding hydrogens is 188 g/mol. The van der Waals surface area contributed by atoms with Crippen molar-refractivity contribution in [2.45, 2.75) is 53.4 Å². The van der Waals surface area contributed by atoms with Gasteiger partial charge in [0.25, 0.3) is 0 Å². The van der Waals surface area contributed by atoms with Crippen molar-refractivity contribution in [1.82, 2.24) is 0 Å². The number of aliphatic carboxylic acids is 1. The maximum absolute atomic E-state index is 10.5. The van der Waals surface area contributed by atoms with Crippen molar-refractivity contribution in [3.63, 3.8) is 0 Å². The number of carboxylic acid groups (broad SMARTS) is 1. The summed E-state index contributed by atoms with van der Waals surface area (Å²) in [5.74, 6) is 1.35. The summed E-state index contributed by atoms with van der Waals surface area (Å²) in [6.45, 7) is 9.22. The van der Waals surface area contributed by atoms with E-state index in [0.717, 1.165) is 12.3 Å². The average molecular weight is 212 g/mol. The maximum Gasteiger partial charge on any atom is 0.303 e. The molecule has 1 aliphatic carbocycles. The van der Waals surface area contributed by atoms with Crippen molar-refractivity contribution in [2.75, 3.05) is 0 Å². The van der Waals surface area contributed by atoms with Crippen LogP contribution in [0.4, 0.5) is 0 Å². The summed E-state index contributed by atoms with van der Waals surface area (Å²) in [7, 11) is 0. The summed E-state index contributed by atoms with van der Waals surface area (Å²) >= 11 is 0. The predicted octanol–water partition coefficient (Wildman–Crippen LogP) is 3.56. The molecule has 3 atom stereocenters. The van der Waals surface area contributed by atoms with E-state index in [9.17, 15) is 4.79 Å². The molecule has 2 nitrogen and oxygen atoms in total. The second-order valence-corrected chi connectivity index (χ2v) is 5.82. The minimum atomic E-state index is -0.661. The van der Waals surface area contributed by atoms with Crippen LogP contribution in [0.2, 0.25) is 0 Å². The fraction of sp³-hybridized carbons (Fsp3) is 0.923. The standard InChI is InChI=1S/C13H24O2/c1-9(5-8-12(14)15)11-7-6-10(2)13(11,3)4/h9-11H,5-8H2,1-4H3,(H,14,15)/t9-,10-,11-/m1/s1. The molecule has 1 saturated carbocycles. The van der Waals surface area contributed by atoms with Crippen molar-refractivity contribution < 1.29 is 9.90 Å². The van der Waals surface area contributed by atoms with Gasteiger partial charge in [-0.1, -0.05) is 27.7 Å². The molecule has 0 bridgehead atoms. The smallest absolute Gasteiger partial charge is 0.303 e. The van der Waals surface area contributed by atoms with Gasteiger partial charge in [0.05, 0.1) is 0 Å². The Morgan fingerprint density at radius 1 is 1.47 bits per heavy atom. The zero-order valence-electron chi connectivity index (χ0n) is 10.4. The van der Waals surface area contributed by atoms with Gasteiger partial charge in [0.2, 0.25) is 0 Å². The Hall–Kier alpha value is -0.530. The summed E-state index contributed by atoms with van der Waals surface area (Å²) < 4.78 is 0. The number of carboxylic acids is 1. The largest absolute Gasteiger partial charge is 0.481 e. The van der Waals surface area contributed by atoms with Gasteiger partial charge in [0.15, 0.2) is 0 Å². The Morgan fingerprint density at radius 2 is 2.07 bits per heavy atom. The highest BCUT2D eigenvalue weighted by Gasteiger charge is 2.42. The SMILES string of the molecule is C[C@H](CCC(=O)O)[C@H]1CC[C@@H](C)C1(C)C. The Kier molecular flexibility index (Phi) is 3.80. The molecule has 0 spiro atoms. The molecule has 0 unspecified atom stereocenters. The van der Waals surface area contributed by atoms with Gasteiger partial charge in [-0.25, -0.2) is 0 Å². The van der Waals surface area contributed by atoms with Crippen LogP contribution in [-0.4, -0.2) is 11.1 Å². The van der Waals surface area contributed by atoms with E-state index < -0.39 is 5.97 Å². The Bertz CT molecular complexity index is 233. The molecule has 0 saturated heterocycles. The average Bonchev–Trinajstić information content (AvgIpc) is 2.38. The fourth-order valence-corrected chi connectivity index (χ4v) is 3.11. The Balaban J connectivity index is 2.53. The highest BCUT2D eigenvalue weighted by Crippen LogP contribution is 2.51. The zero-order chi connectivity index (χ0) is 11.6. The summed E-state index contributed by atoms with van der Waals surface area (Å²) in [4.78, 5) is 10.5. The second kappa shape index (κ2) is 4.54. The van der Waals surface area contributed by atoms with E-state index in [1.54, 1.807) is 0 Å². The first kappa shape index (κ1) is 12.5. The summed E-state index contributed by atoms with van der Waals surface area (Å²) in [6, 6.07) is 0. The molecule has 0 aromatic heterocycles. The number of hydrogen-bond acceptors (Lipinski definition) is 1. The van der Waals surface area contributed by atoms with E-state index in [0.29, 0.717) is 23.7 Å². The Morgan fingerprint density at radius 3 is 2.47 bits per heavy atom. The lowest BCUT2D eigenvalue weighted by atomic mass is 9.70. The van der Waals surface area contributed by atoms with Crippen LogP contribution in [0.3, 0.4) is 0 Å². The van der Waals surface area contributed by atoms with Crippen molar-refractivity contribution >= 4 is 5.97 Å². The van der Waals surface area contributed by atoms with Gasteiger partial charge in [0.1, 0.15) is 0 Å². The topological polar surface area (TPSA) is 37.3 Å². The number of carbonyl (C=O) groups is 1. The molecule has 1 rings (SSSR count). The van der Waals surface area contributed by atoms with Crippen LogP contribution in [-0.2, 0) is 4.79 Å². The molecule has 0 heterocycles. The number of rotatable bonds is 4. The van der Waals surface area contributed by atoms with Gasteiger partial charge in [-0.05, 0) is 42.4 Å². The van der Waals surface area contributed by atoms with Crippen molar-refractivity contribution in [2.24, 2.45) is 23.2 Å². The first-order valence-corrected chi connectivity index (χ1v) is 6.07. The fourth-order valence-electron chi connectivity index (χ4n) is 3.11. The molecule has 0 aliphatic heterocycles. The lowest BCUT2D eigenvalue weighted by Gasteiger charge is -2.35. The minimum Gasteiger partial charge on any atom is -0.481 e. The van der Waals surface area contributed by atoms with Crippen molar-refractivity contribution in [3.05, 3.63) is 0 Å². The van der Waals surface area contributed by atoms with E-state index >= 15 is 0 Å². The van der Waals surface area contributed by atoms with Crippen LogP contribution in [0.15, 0.2) is 0 Å². The molecule has 88 valence electrons. The highest BCUT2D eigenvalue weighted by atomic mass is 16.4. The van der Waals surface area contributed by atoms with Gasteiger partial charge in [0, 0.05) is 6.42 Å². The van der Waals surface area contributed by atoms with Crippen LogP contribution < -0.4 is 0 Å². The molecule has 1 N–H and O–H groups in total. The zero-order valence-corrected chi connectivity index (χ0v) is 10.4. The molecule has 0 aromatic rings. The summed E-state index contributed by atoms with van der Waals surface area (Å²) in [6.07, 6.45) is 3.72. The Labute approximate surface area is 93.1 Å². The highest BCUT2D eigenvalue weighted by molar-refractivity contribution is 5.66. The summed E-state index contributed by atoms with van der Waals surface area (Å²) in [5.41, 5.74) is 0.387. The van der Waals surface area contributed by atoms with E-state index in [2.05, 4.69) is 27.7 Å². The molecule has 15 heavy (non-hydrogen) atoms. The molecule has 0 aromatic carbocycles. The van der Waals surface area contributed by atoms with Gasteiger partial charge in [-0.2, -0.15) is 0 Å². The molecule has 0 amide bonds. The van der Waals surface area contributed by atoms with E-state index in [-0.39, 0.29) is 0 Å². The van der Waals surface area contributed by atoms with Crippen LogP contribution in [0.5, 0.6) is 0 Å². The third-order valence-corrected chi connectivity index (χ3v) is 4.64. The van der Waals surface area contributed by atoms with Crippen molar-refractivity contribution in [3.8, 4) is 0 Å². The number of hydrogen-bond donors (Lipinski definition) is 1. The normalized spacial score (nSPS) is 31.5. The molecule has 2 heteroatoms.